The van der Waals surface area contributed by atoms with E-state index in [0.29, 0.717) is 5.56 Å². The predicted octanol–water partition coefficient (Wildman–Crippen LogP) is 4.75. The van der Waals surface area contributed by atoms with Gasteiger partial charge in [-0.1, -0.05) is 36.4 Å². The quantitative estimate of drug-likeness (QED) is 0.588. The number of nitrogens with zero attached hydrogens (tertiary/aromatic N) is 1. The molecule has 0 unspecified atom stereocenters. The van der Waals surface area contributed by atoms with Gasteiger partial charge in [0, 0.05) is 30.8 Å². The van der Waals surface area contributed by atoms with Gasteiger partial charge in [0.1, 0.15) is 11.5 Å². The Morgan fingerprint density at radius 3 is 2.47 bits per heavy atom. The molecule has 1 aliphatic heterocycles. The highest BCUT2D eigenvalue weighted by atomic mass is 16.5. The molecule has 3 aromatic carbocycles. The van der Waals surface area contributed by atoms with E-state index < -0.39 is 0 Å². The van der Waals surface area contributed by atoms with Gasteiger partial charge in [-0.3, -0.25) is 9.69 Å². The van der Waals surface area contributed by atoms with E-state index in [4.69, 9.17) is 9.47 Å². The molecule has 0 spiro atoms. The molecule has 0 saturated carbocycles. The number of hydrogen-bond donors (Lipinski definition) is 1. The molecule has 32 heavy (non-hydrogen) atoms. The first kappa shape index (κ1) is 21.9. The summed E-state index contributed by atoms with van der Waals surface area (Å²) in [5, 5.41) is 3.07. The van der Waals surface area contributed by atoms with Crippen molar-refractivity contribution in [3.05, 3.63) is 94.5 Å². The summed E-state index contributed by atoms with van der Waals surface area (Å²) in [6, 6.07) is 21.9. The van der Waals surface area contributed by atoms with E-state index in [9.17, 15) is 4.79 Å². The fraction of sp³-hybridized carbons (Fsp3) is 0.296. The fourth-order valence-corrected chi connectivity index (χ4v) is 4.24. The van der Waals surface area contributed by atoms with Gasteiger partial charge < -0.3 is 14.8 Å². The summed E-state index contributed by atoms with van der Waals surface area (Å²) in [5.74, 6) is 1.34. The summed E-state index contributed by atoms with van der Waals surface area (Å²) >= 11 is 0. The van der Waals surface area contributed by atoms with Gasteiger partial charge in [-0.15, -0.1) is 0 Å². The third-order valence-corrected chi connectivity index (χ3v) is 6.08. The Morgan fingerprint density at radius 2 is 1.75 bits per heavy atom. The minimum absolute atomic E-state index is 0.110. The van der Waals surface area contributed by atoms with Crippen molar-refractivity contribution < 1.29 is 14.3 Å². The van der Waals surface area contributed by atoms with Crippen molar-refractivity contribution in [3.8, 4) is 11.5 Å². The highest BCUT2D eigenvalue weighted by Gasteiger charge is 2.18. The molecule has 0 aliphatic carbocycles. The van der Waals surface area contributed by atoms with Crippen molar-refractivity contribution >= 4 is 5.91 Å². The Balaban J connectivity index is 1.38. The van der Waals surface area contributed by atoms with E-state index in [1.54, 1.807) is 14.2 Å². The van der Waals surface area contributed by atoms with Gasteiger partial charge in [-0.2, -0.15) is 0 Å². The lowest BCUT2D eigenvalue weighted by Crippen LogP contribution is -2.30. The van der Waals surface area contributed by atoms with Gasteiger partial charge in [-0.25, -0.2) is 0 Å². The maximum Gasteiger partial charge on any atom is 0.251 e. The van der Waals surface area contributed by atoms with Crippen LogP contribution in [-0.4, -0.2) is 31.6 Å². The van der Waals surface area contributed by atoms with E-state index >= 15 is 0 Å². The predicted molar refractivity (Wildman–Crippen MR) is 126 cm³/mol. The smallest absolute Gasteiger partial charge is 0.251 e. The first-order chi connectivity index (χ1) is 15.6. The topological polar surface area (TPSA) is 50.8 Å². The second-order valence-corrected chi connectivity index (χ2v) is 8.23. The third-order valence-electron chi connectivity index (χ3n) is 6.08. The minimum atomic E-state index is -0.222. The van der Waals surface area contributed by atoms with Crippen LogP contribution in [0.4, 0.5) is 0 Å². The Morgan fingerprint density at radius 1 is 1.00 bits per heavy atom. The summed E-state index contributed by atoms with van der Waals surface area (Å²) in [7, 11) is 3.25. The van der Waals surface area contributed by atoms with Crippen LogP contribution < -0.4 is 14.8 Å². The van der Waals surface area contributed by atoms with Crippen molar-refractivity contribution in [2.45, 2.75) is 32.5 Å². The van der Waals surface area contributed by atoms with Crippen LogP contribution in [-0.2, 0) is 19.5 Å². The summed E-state index contributed by atoms with van der Waals surface area (Å²) in [6.07, 6.45) is 1.09. The van der Waals surface area contributed by atoms with Crippen molar-refractivity contribution in [2.75, 3.05) is 20.8 Å². The van der Waals surface area contributed by atoms with Crippen molar-refractivity contribution in [3.63, 3.8) is 0 Å². The van der Waals surface area contributed by atoms with Gasteiger partial charge in [0.2, 0.25) is 0 Å². The molecular formula is C27H30N2O3. The largest absolute Gasteiger partial charge is 0.497 e. The highest BCUT2D eigenvalue weighted by Crippen LogP contribution is 2.29. The lowest BCUT2D eigenvalue weighted by atomic mass is 9.99. The van der Waals surface area contributed by atoms with Gasteiger partial charge in [0.15, 0.2) is 0 Å². The number of fused-ring (bicyclic) bond motifs is 1. The number of methoxy groups -OCH3 is 2. The van der Waals surface area contributed by atoms with Crippen LogP contribution in [0.2, 0.25) is 0 Å². The molecule has 0 saturated heterocycles. The van der Waals surface area contributed by atoms with E-state index in [2.05, 4.69) is 34.5 Å². The highest BCUT2D eigenvalue weighted by molar-refractivity contribution is 5.94. The first-order valence-electron chi connectivity index (χ1n) is 11.0. The van der Waals surface area contributed by atoms with Crippen LogP contribution in [0.5, 0.6) is 11.5 Å². The number of ether oxygens (including phenoxy) is 2. The molecule has 1 aliphatic rings. The molecule has 0 bridgehead atoms. The summed E-state index contributed by atoms with van der Waals surface area (Å²) in [5.41, 5.74) is 5.60. The van der Waals surface area contributed by atoms with Gasteiger partial charge in [-0.05, 0) is 60.4 Å². The van der Waals surface area contributed by atoms with Crippen molar-refractivity contribution in [1.29, 1.82) is 0 Å². The zero-order chi connectivity index (χ0) is 22.5. The van der Waals surface area contributed by atoms with E-state index in [1.165, 1.54) is 16.7 Å². The molecule has 166 valence electrons. The monoisotopic (exact) mass is 430 g/mol. The number of carbonyl (C=O) groups is 1. The summed E-state index contributed by atoms with van der Waals surface area (Å²) in [4.78, 5) is 15.3. The van der Waals surface area contributed by atoms with Gasteiger partial charge in [0.05, 0.1) is 20.3 Å². The molecule has 1 amide bonds. The second kappa shape index (κ2) is 9.88. The lowest BCUT2D eigenvalue weighted by Gasteiger charge is -2.28. The standard InChI is InChI=1S/C27H30N2O3/c1-19(25-16-24(31-2)12-13-26(25)32-3)28-27(30)22-10-8-20(9-11-22)17-29-15-14-21-6-4-5-7-23(21)18-29/h4-13,16,19H,14-15,17-18H2,1-3H3,(H,28,30)/t19-/m0/s1. The zero-order valence-corrected chi connectivity index (χ0v) is 18.9. The maximum atomic E-state index is 12.8. The number of rotatable bonds is 7. The Kier molecular flexibility index (Phi) is 6.76. The van der Waals surface area contributed by atoms with Crippen molar-refractivity contribution in [1.82, 2.24) is 10.2 Å². The normalized spacial score (nSPS) is 14.3. The van der Waals surface area contributed by atoms with E-state index in [0.717, 1.165) is 43.1 Å². The molecule has 1 atom stereocenters. The Hall–Kier alpha value is -3.31. The van der Waals surface area contributed by atoms with Crippen LogP contribution in [0.3, 0.4) is 0 Å². The van der Waals surface area contributed by atoms with E-state index in [1.807, 2.05) is 49.4 Å². The number of benzene rings is 3. The van der Waals surface area contributed by atoms with Crippen LogP contribution in [0, 0.1) is 0 Å². The molecule has 0 radical (unpaired) electrons. The first-order valence-corrected chi connectivity index (χ1v) is 11.0. The number of hydrogen-bond acceptors (Lipinski definition) is 4. The fourth-order valence-electron chi connectivity index (χ4n) is 4.24. The second-order valence-electron chi connectivity index (χ2n) is 8.23. The molecular weight excluding hydrogens is 400 g/mol. The number of amides is 1. The third kappa shape index (κ3) is 4.94. The van der Waals surface area contributed by atoms with Crippen LogP contribution in [0.15, 0.2) is 66.7 Å². The molecule has 4 rings (SSSR count). The molecule has 5 nitrogen and oxygen atoms in total. The van der Waals surface area contributed by atoms with Crippen LogP contribution in [0.25, 0.3) is 0 Å². The lowest BCUT2D eigenvalue weighted by molar-refractivity contribution is 0.0939. The van der Waals surface area contributed by atoms with Crippen LogP contribution >= 0.6 is 0 Å². The van der Waals surface area contributed by atoms with Crippen molar-refractivity contribution in [2.24, 2.45) is 0 Å². The zero-order valence-electron chi connectivity index (χ0n) is 18.9. The average molecular weight is 431 g/mol. The average Bonchev–Trinajstić information content (AvgIpc) is 2.83. The molecule has 0 fully saturated rings. The Bertz CT molecular complexity index is 1080. The van der Waals surface area contributed by atoms with Gasteiger partial charge >= 0.3 is 0 Å². The Labute approximate surface area is 190 Å². The van der Waals surface area contributed by atoms with Crippen LogP contribution in [0.1, 0.15) is 45.6 Å². The molecule has 1 heterocycles. The summed E-state index contributed by atoms with van der Waals surface area (Å²) < 4.78 is 10.8. The summed E-state index contributed by atoms with van der Waals surface area (Å²) in [6.45, 7) is 4.85. The molecule has 1 N–H and O–H groups in total. The minimum Gasteiger partial charge on any atom is -0.497 e. The van der Waals surface area contributed by atoms with E-state index in [-0.39, 0.29) is 11.9 Å². The molecule has 3 aromatic rings. The SMILES string of the molecule is COc1ccc(OC)c([C@H](C)NC(=O)c2ccc(CN3CCc4ccccc4C3)cc2)c1. The van der Waals surface area contributed by atoms with Gasteiger partial charge in [0.25, 0.3) is 5.91 Å². The number of carbonyl (C=O) groups excluding carboxylic acids is 1. The maximum absolute atomic E-state index is 12.8. The molecule has 5 heteroatoms. The number of nitrogens with one attached hydrogen (secondary N) is 1. The molecule has 0 aromatic heterocycles.